The van der Waals surface area contributed by atoms with Crippen molar-refractivity contribution in [3.63, 3.8) is 0 Å². The molecule has 1 saturated carbocycles. The highest BCUT2D eigenvalue weighted by molar-refractivity contribution is 5.60. The Hall–Kier alpha value is -2.08. The number of benzene rings is 1. The van der Waals surface area contributed by atoms with E-state index in [0.717, 1.165) is 24.8 Å². The van der Waals surface area contributed by atoms with Crippen molar-refractivity contribution in [3.8, 4) is 22.9 Å². The van der Waals surface area contributed by atoms with Gasteiger partial charge in [-0.1, -0.05) is 11.6 Å². The molecule has 3 N–H and O–H groups in total. The van der Waals surface area contributed by atoms with Gasteiger partial charge in [0.2, 0.25) is 11.7 Å². The largest absolute Gasteiger partial charge is 0.504 e. The third-order valence-electron chi connectivity index (χ3n) is 4.38. The van der Waals surface area contributed by atoms with Gasteiger partial charge < -0.3 is 20.1 Å². The molecule has 1 aliphatic rings. The molecular weight excluding hydrogens is 270 g/mol. The van der Waals surface area contributed by atoms with E-state index in [9.17, 15) is 5.11 Å². The first-order valence-electron chi connectivity index (χ1n) is 7.02. The lowest BCUT2D eigenvalue weighted by molar-refractivity contribution is 0.278. The summed E-state index contributed by atoms with van der Waals surface area (Å²) in [5.74, 6) is 1.51. The number of nitrogens with zero attached hydrogens (tertiary/aromatic N) is 2. The zero-order chi connectivity index (χ0) is 15.0. The van der Waals surface area contributed by atoms with E-state index < -0.39 is 0 Å². The van der Waals surface area contributed by atoms with Gasteiger partial charge in [0.25, 0.3) is 0 Å². The summed E-state index contributed by atoms with van der Waals surface area (Å²) in [6.07, 6.45) is 3.00. The summed E-state index contributed by atoms with van der Waals surface area (Å²) in [7, 11) is 1.50. The Kier molecular flexibility index (Phi) is 3.33. The van der Waals surface area contributed by atoms with Gasteiger partial charge in [0, 0.05) is 11.6 Å². The van der Waals surface area contributed by atoms with Crippen molar-refractivity contribution in [1.29, 1.82) is 0 Å². The van der Waals surface area contributed by atoms with E-state index in [1.807, 2.05) is 0 Å². The predicted molar refractivity (Wildman–Crippen MR) is 77.1 cm³/mol. The fourth-order valence-corrected chi connectivity index (χ4v) is 2.85. The van der Waals surface area contributed by atoms with Gasteiger partial charge >= 0.3 is 0 Å². The number of phenolic OH excluding ortho intramolecular Hbond substituents is 1. The number of nitrogens with two attached hydrogens (primary N) is 1. The average Bonchev–Trinajstić information content (AvgIpc) is 3.09. The van der Waals surface area contributed by atoms with Crippen molar-refractivity contribution in [2.24, 2.45) is 5.73 Å². The van der Waals surface area contributed by atoms with Crippen molar-refractivity contribution < 1.29 is 14.4 Å². The van der Waals surface area contributed by atoms with Crippen LogP contribution in [-0.4, -0.2) is 28.4 Å². The predicted octanol–water partition coefficient (Wildman–Crippen LogP) is 2.22. The molecule has 6 heteroatoms. The average molecular weight is 289 g/mol. The van der Waals surface area contributed by atoms with E-state index in [-0.39, 0.29) is 17.2 Å². The zero-order valence-electron chi connectivity index (χ0n) is 12.2. The molecule has 6 nitrogen and oxygen atoms in total. The molecule has 2 aromatic rings. The van der Waals surface area contributed by atoms with Gasteiger partial charge in [0.1, 0.15) is 0 Å². The lowest BCUT2D eigenvalue weighted by Gasteiger charge is -2.23. The molecule has 1 aromatic heterocycles. The molecule has 1 aliphatic carbocycles. The molecule has 1 heterocycles. The van der Waals surface area contributed by atoms with Crippen LogP contribution in [0.1, 0.15) is 32.1 Å². The maximum atomic E-state index is 9.63. The number of aromatic nitrogens is 2. The Labute approximate surface area is 122 Å². The second-order valence-corrected chi connectivity index (χ2v) is 5.73. The minimum absolute atomic E-state index is 0.0418. The Morgan fingerprint density at radius 1 is 1.48 bits per heavy atom. The summed E-state index contributed by atoms with van der Waals surface area (Å²) >= 11 is 0. The zero-order valence-corrected chi connectivity index (χ0v) is 12.2. The Morgan fingerprint density at radius 2 is 2.29 bits per heavy atom. The van der Waals surface area contributed by atoms with Crippen molar-refractivity contribution in [2.45, 2.75) is 37.6 Å². The first-order valence-corrected chi connectivity index (χ1v) is 7.02. The summed E-state index contributed by atoms with van der Waals surface area (Å²) in [6.45, 7) is 2.07. The van der Waals surface area contributed by atoms with E-state index >= 15 is 0 Å². The van der Waals surface area contributed by atoms with Gasteiger partial charge in [-0.2, -0.15) is 4.98 Å². The number of aromatic hydroxyl groups is 1. The van der Waals surface area contributed by atoms with E-state index in [2.05, 4.69) is 17.1 Å². The van der Waals surface area contributed by atoms with Crippen LogP contribution >= 0.6 is 0 Å². The van der Waals surface area contributed by atoms with Crippen molar-refractivity contribution >= 4 is 0 Å². The molecule has 1 fully saturated rings. The summed E-state index contributed by atoms with van der Waals surface area (Å²) < 4.78 is 10.5. The Bertz CT molecular complexity index is 655. The summed E-state index contributed by atoms with van der Waals surface area (Å²) in [5.41, 5.74) is 6.65. The van der Waals surface area contributed by atoms with Gasteiger partial charge in [-0.15, -0.1) is 0 Å². The normalized spacial score (nSPS) is 25.2. The van der Waals surface area contributed by atoms with Crippen LogP contribution in [0.3, 0.4) is 0 Å². The maximum Gasteiger partial charge on any atom is 0.234 e. The first kappa shape index (κ1) is 13.9. The van der Waals surface area contributed by atoms with Crippen LogP contribution in [0.15, 0.2) is 22.7 Å². The molecule has 3 rings (SSSR count). The molecule has 1 aromatic carbocycles. The third kappa shape index (κ3) is 2.25. The third-order valence-corrected chi connectivity index (χ3v) is 4.38. The highest BCUT2D eigenvalue weighted by Crippen LogP contribution is 2.40. The molecule has 0 spiro atoms. The van der Waals surface area contributed by atoms with Crippen LogP contribution in [0.25, 0.3) is 11.4 Å². The van der Waals surface area contributed by atoms with Crippen LogP contribution < -0.4 is 10.5 Å². The van der Waals surface area contributed by atoms with Crippen LogP contribution in [0.4, 0.5) is 0 Å². The minimum Gasteiger partial charge on any atom is -0.504 e. The molecule has 0 bridgehead atoms. The van der Waals surface area contributed by atoms with Gasteiger partial charge in [-0.05, 0) is 38.0 Å². The molecule has 0 saturated heterocycles. The second kappa shape index (κ2) is 5.04. The number of hydrogen-bond acceptors (Lipinski definition) is 6. The number of phenols is 1. The van der Waals surface area contributed by atoms with Gasteiger partial charge in [0.05, 0.1) is 12.5 Å². The second-order valence-electron chi connectivity index (χ2n) is 5.73. The highest BCUT2D eigenvalue weighted by Gasteiger charge is 2.42. The number of ether oxygens (including phenoxy) is 1. The Balaban J connectivity index is 1.95. The smallest absolute Gasteiger partial charge is 0.234 e. The van der Waals surface area contributed by atoms with Crippen LogP contribution in [0.5, 0.6) is 11.5 Å². The lowest BCUT2D eigenvalue weighted by Crippen LogP contribution is -2.38. The summed E-state index contributed by atoms with van der Waals surface area (Å²) in [5, 5.41) is 13.7. The van der Waals surface area contributed by atoms with E-state index in [1.165, 1.54) is 7.11 Å². The quantitative estimate of drug-likeness (QED) is 0.899. The summed E-state index contributed by atoms with van der Waals surface area (Å²) in [4.78, 5) is 4.49. The van der Waals surface area contributed by atoms with Crippen molar-refractivity contribution in [2.75, 3.05) is 7.11 Å². The van der Waals surface area contributed by atoms with Gasteiger partial charge in [-0.25, -0.2) is 0 Å². The topological polar surface area (TPSA) is 94.4 Å². The van der Waals surface area contributed by atoms with E-state index in [0.29, 0.717) is 17.5 Å². The van der Waals surface area contributed by atoms with E-state index in [4.69, 9.17) is 15.0 Å². The molecule has 21 heavy (non-hydrogen) atoms. The van der Waals surface area contributed by atoms with Crippen LogP contribution in [0, 0.1) is 0 Å². The van der Waals surface area contributed by atoms with Crippen LogP contribution in [0.2, 0.25) is 0 Å². The Morgan fingerprint density at radius 3 is 2.95 bits per heavy atom. The fraction of sp³-hybridized carbons (Fsp3) is 0.467. The number of rotatable bonds is 3. The van der Waals surface area contributed by atoms with Gasteiger partial charge in [-0.3, -0.25) is 0 Å². The van der Waals surface area contributed by atoms with Crippen molar-refractivity contribution in [3.05, 3.63) is 24.1 Å². The fourth-order valence-electron chi connectivity index (χ4n) is 2.85. The first-order chi connectivity index (χ1) is 10.0. The SMILES string of the molecule is COc1cc(-c2noc(C3(C)CCCC3N)n2)ccc1O. The summed E-state index contributed by atoms with van der Waals surface area (Å²) in [6, 6.07) is 5.00. The molecule has 0 amide bonds. The van der Waals surface area contributed by atoms with Crippen LogP contribution in [-0.2, 0) is 5.41 Å². The standard InChI is InChI=1S/C15H19N3O3/c1-15(7-3-4-12(15)16)14-17-13(18-21-14)9-5-6-10(19)11(8-9)20-2/h5-6,8,12,19H,3-4,7,16H2,1-2H3. The molecule has 0 radical (unpaired) electrons. The van der Waals surface area contributed by atoms with E-state index in [1.54, 1.807) is 18.2 Å². The monoisotopic (exact) mass is 289 g/mol. The van der Waals surface area contributed by atoms with Crippen molar-refractivity contribution in [1.82, 2.24) is 10.1 Å². The molecule has 2 unspecified atom stereocenters. The highest BCUT2D eigenvalue weighted by atomic mass is 16.5. The lowest BCUT2D eigenvalue weighted by atomic mass is 9.85. The minimum atomic E-state index is -0.258. The molecular formula is C15H19N3O3. The molecule has 112 valence electrons. The molecule has 2 atom stereocenters. The molecule has 0 aliphatic heterocycles. The number of methoxy groups -OCH3 is 1. The maximum absolute atomic E-state index is 9.63. The number of hydrogen-bond donors (Lipinski definition) is 2. The van der Waals surface area contributed by atoms with Gasteiger partial charge in [0.15, 0.2) is 11.5 Å².